The number of nitrogen functional groups attached to an aromatic ring is 1. The average Bonchev–Trinajstić information content (AvgIpc) is 2.15. The lowest BCUT2D eigenvalue weighted by Gasteiger charge is -2.15. The van der Waals surface area contributed by atoms with Crippen LogP contribution in [0.5, 0.6) is 0 Å². The first-order chi connectivity index (χ1) is 7.88. The molecular formula is C11H18N2O3S. The van der Waals surface area contributed by atoms with Gasteiger partial charge < -0.3 is 10.8 Å². The van der Waals surface area contributed by atoms with Gasteiger partial charge in [0.2, 0.25) is 10.0 Å². The fourth-order valence-corrected chi connectivity index (χ4v) is 3.25. The van der Waals surface area contributed by atoms with Crippen LogP contribution in [0.4, 0.5) is 5.69 Å². The standard InChI is InChI=1S/C11H18N2O3S/c1-8-4-3-5-10(12)11(8)17(15,16)13-9(2)6-7-14/h3-5,9,13-14H,6-7,12H2,1-2H3. The Morgan fingerprint density at radius 2 is 2.12 bits per heavy atom. The Kier molecular flexibility index (Phi) is 4.50. The minimum Gasteiger partial charge on any atom is -0.398 e. The molecule has 1 aromatic rings. The number of nitrogens with one attached hydrogen (secondary N) is 1. The number of hydrogen-bond donors (Lipinski definition) is 3. The van der Waals surface area contributed by atoms with Crippen molar-refractivity contribution in [3.8, 4) is 0 Å². The molecule has 5 nitrogen and oxygen atoms in total. The molecule has 1 unspecified atom stereocenters. The molecule has 0 fully saturated rings. The molecule has 0 saturated heterocycles. The number of benzene rings is 1. The Hall–Kier alpha value is -1.11. The van der Waals surface area contributed by atoms with E-state index in [1.807, 2.05) is 0 Å². The van der Waals surface area contributed by atoms with Gasteiger partial charge >= 0.3 is 0 Å². The van der Waals surface area contributed by atoms with Crippen LogP contribution in [0.3, 0.4) is 0 Å². The van der Waals surface area contributed by atoms with Gasteiger partial charge in [-0.2, -0.15) is 0 Å². The van der Waals surface area contributed by atoms with Gasteiger partial charge in [-0.25, -0.2) is 13.1 Å². The Labute approximate surface area is 102 Å². The van der Waals surface area contributed by atoms with E-state index in [0.29, 0.717) is 12.0 Å². The minimum atomic E-state index is -3.63. The highest BCUT2D eigenvalue weighted by atomic mass is 32.2. The molecule has 4 N–H and O–H groups in total. The summed E-state index contributed by atoms with van der Waals surface area (Å²) in [6, 6.07) is 4.63. The highest BCUT2D eigenvalue weighted by Crippen LogP contribution is 2.22. The second-order valence-corrected chi connectivity index (χ2v) is 5.68. The molecule has 0 radical (unpaired) electrons. The van der Waals surface area contributed by atoms with Crippen molar-refractivity contribution in [2.45, 2.75) is 31.2 Å². The molecule has 0 spiro atoms. The fraction of sp³-hybridized carbons (Fsp3) is 0.455. The van der Waals surface area contributed by atoms with Crippen molar-refractivity contribution >= 4 is 15.7 Å². The van der Waals surface area contributed by atoms with Gasteiger partial charge in [0.15, 0.2) is 0 Å². The van der Waals surface area contributed by atoms with E-state index in [2.05, 4.69) is 4.72 Å². The van der Waals surface area contributed by atoms with Crippen LogP contribution in [0.2, 0.25) is 0 Å². The molecule has 0 aliphatic rings. The first-order valence-electron chi connectivity index (χ1n) is 5.36. The van der Waals surface area contributed by atoms with E-state index < -0.39 is 10.0 Å². The molecular weight excluding hydrogens is 240 g/mol. The van der Waals surface area contributed by atoms with Gasteiger partial charge in [-0.3, -0.25) is 0 Å². The number of hydrogen-bond acceptors (Lipinski definition) is 4. The molecule has 17 heavy (non-hydrogen) atoms. The largest absolute Gasteiger partial charge is 0.398 e. The number of anilines is 1. The van der Waals surface area contributed by atoms with Crippen molar-refractivity contribution in [2.24, 2.45) is 0 Å². The monoisotopic (exact) mass is 258 g/mol. The van der Waals surface area contributed by atoms with Crippen molar-refractivity contribution in [3.63, 3.8) is 0 Å². The predicted molar refractivity (Wildman–Crippen MR) is 67.1 cm³/mol. The summed E-state index contributed by atoms with van der Waals surface area (Å²) < 4.78 is 26.7. The van der Waals surface area contributed by atoms with Gasteiger partial charge in [0.25, 0.3) is 0 Å². The average molecular weight is 258 g/mol. The molecule has 0 aliphatic carbocycles. The third-order valence-corrected chi connectivity index (χ3v) is 4.24. The summed E-state index contributed by atoms with van der Waals surface area (Å²) in [7, 11) is -3.63. The number of sulfonamides is 1. The third-order valence-electron chi connectivity index (χ3n) is 2.43. The van der Waals surface area contributed by atoms with E-state index in [1.54, 1.807) is 32.0 Å². The summed E-state index contributed by atoms with van der Waals surface area (Å²) >= 11 is 0. The number of aliphatic hydroxyl groups is 1. The van der Waals surface area contributed by atoms with Crippen LogP contribution in [0.15, 0.2) is 23.1 Å². The number of rotatable bonds is 5. The van der Waals surface area contributed by atoms with Gasteiger partial charge in [-0.05, 0) is 31.9 Å². The SMILES string of the molecule is Cc1cccc(N)c1S(=O)(=O)NC(C)CCO. The summed E-state index contributed by atoms with van der Waals surface area (Å²) in [6.07, 6.45) is 0.366. The van der Waals surface area contributed by atoms with Crippen LogP contribution in [0.1, 0.15) is 18.9 Å². The number of aliphatic hydroxyl groups excluding tert-OH is 1. The Balaban J connectivity index is 3.06. The van der Waals surface area contributed by atoms with Crippen LogP contribution in [-0.4, -0.2) is 26.2 Å². The highest BCUT2D eigenvalue weighted by Gasteiger charge is 2.21. The zero-order valence-electron chi connectivity index (χ0n) is 9.97. The zero-order valence-corrected chi connectivity index (χ0v) is 10.8. The van der Waals surface area contributed by atoms with E-state index >= 15 is 0 Å². The molecule has 1 rings (SSSR count). The van der Waals surface area contributed by atoms with Gasteiger partial charge in [0.05, 0.1) is 5.69 Å². The van der Waals surface area contributed by atoms with Crippen LogP contribution in [-0.2, 0) is 10.0 Å². The Morgan fingerprint density at radius 3 is 2.65 bits per heavy atom. The van der Waals surface area contributed by atoms with E-state index in [-0.39, 0.29) is 23.2 Å². The van der Waals surface area contributed by atoms with E-state index in [4.69, 9.17) is 10.8 Å². The van der Waals surface area contributed by atoms with Crippen molar-refractivity contribution < 1.29 is 13.5 Å². The van der Waals surface area contributed by atoms with Crippen LogP contribution >= 0.6 is 0 Å². The van der Waals surface area contributed by atoms with Crippen LogP contribution < -0.4 is 10.5 Å². The Bertz CT molecular complexity index is 465. The molecule has 0 aliphatic heterocycles. The van der Waals surface area contributed by atoms with Gasteiger partial charge in [-0.1, -0.05) is 12.1 Å². The second-order valence-electron chi connectivity index (χ2n) is 4.03. The first kappa shape index (κ1) is 14.0. The molecule has 0 saturated carbocycles. The number of nitrogens with two attached hydrogens (primary N) is 1. The van der Waals surface area contributed by atoms with E-state index in [0.717, 1.165) is 0 Å². The minimum absolute atomic E-state index is 0.0626. The third kappa shape index (κ3) is 3.42. The van der Waals surface area contributed by atoms with Crippen molar-refractivity contribution in [3.05, 3.63) is 23.8 Å². The summed E-state index contributed by atoms with van der Waals surface area (Å²) in [5.74, 6) is 0. The lowest BCUT2D eigenvalue weighted by Crippen LogP contribution is -2.34. The predicted octanol–water partition coefficient (Wildman–Crippen LogP) is 0.626. The molecule has 6 heteroatoms. The fourth-order valence-electron chi connectivity index (χ4n) is 1.62. The number of aryl methyl sites for hydroxylation is 1. The maximum Gasteiger partial charge on any atom is 0.243 e. The maximum absolute atomic E-state index is 12.1. The highest BCUT2D eigenvalue weighted by molar-refractivity contribution is 7.89. The molecule has 0 aromatic heterocycles. The van der Waals surface area contributed by atoms with E-state index in [9.17, 15) is 8.42 Å². The summed E-state index contributed by atoms with van der Waals surface area (Å²) in [5.41, 5.74) is 6.52. The van der Waals surface area contributed by atoms with Crippen molar-refractivity contribution in [1.29, 1.82) is 0 Å². The first-order valence-corrected chi connectivity index (χ1v) is 6.85. The normalized spacial score (nSPS) is 13.6. The second kappa shape index (κ2) is 5.48. The summed E-state index contributed by atoms with van der Waals surface area (Å²) in [4.78, 5) is 0.116. The molecule has 96 valence electrons. The van der Waals surface area contributed by atoms with E-state index in [1.165, 1.54) is 0 Å². The lowest BCUT2D eigenvalue weighted by atomic mass is 10.2. The molecule has 0 heterocycles. The molecule has 0 bridgehead atoms. The summed E-state index contributed by atoms with van der Waals surface area (Å²) in [5, 5.41) is 8.75. The molecule has 0 amide bonds. The topological polar surface area (TPSA) is 92.4 Å². The van der Waals surface area contributed by atoms with Crippen LogP contribution in [0.25, 0.3) is 0 Å². The van der Waals surface area contributed by atoms with Crippen molar-refractivity contribution in [1.82, 2.24) is 4.72 Å². The molecule has 1 aromatic carbocycles. The van der Waals surface area contributed by atoms with Crippen molar-refractivity contribution in [2.75, 3.05) is 12.3 Å². The molecule has 1 atom stereocenters. The smallest absolute Gasteiger partial charge is 0.243 e. The van der Waals surface area contributed by atoms with Gasteiger partial charge in [-0.15, -0.1) is 0 Å². The van der Waals surface area contributed by atoms with Gasteiger partial charge in [0, 0.05) is 12.6 Å². The Morgan fingerprint density at radius 1 is 1.47 bits per heavy atom. The quantitative estimate of drug-likeness (QED) is 0.675. The van der Waals surface area contributed by atoms with Crippen LogP contribution in [0, 0.1) is 6.92 Å². The van der Waals surface area contributed by atoms with Gasteiger partial charge in [0.1, 0.15) is 4.90 Å². The maximum atomic E-state index is 12.1. The summed E-state index contributed by atoms with van der Waals surface area (Å²) in [6.45, 7) is 3.33. The zero-order chi connectivity index (χ0) is 13.1. The lowest BCUT2D eigenvalue weighted by molar-refractivity contribution is 0.275.